The summed E-state index contributed by atoms with van der Waals surface area (Å²) in [6.45, 7) is 10.8. The maximum Gasteiger partial charge on any atom is 0.254 e. The molecule has 3 heterocycles. The number of amides is 1. The zero-order chi connectivity index (χ0) is 25.3. The van der Waals surface area contributed by atoms with Crippen molar-refractivity contribution in [2.75, 3.05) is 46.0 Å². The molecule has 36 heavy (non-hydrogen) atoms. The minimum absolute atomic E-state index is 0.0165. The van der Waals surface area contributed by atoms with E-state index in [1.54, 1.807) is 24.5 Å². The standard InChI is InChI=1S/C28H39N3O5/c1-4-33-25-19-21(20-26(34-5-2)27(25)35-6-3)28(32)31-15-9-22(10-16-31)30-17-11-24(12-18-30)36-23-7-13-29-14-8-23/h7-8,13-14,19-20,22,24H,4-6,9-12,15-18H2,1-3H3. The summed E-state index contributed by atoms with van der Waals surface area (Å²) in [7, 11) is 0. The fourth-order valence-corrected chi connectivity index (χ4v) is 5.10. The minimum atomic E-state index is 0.0165. The van der Waals surface area contributed by atoms with E-state index in [-0.39, 0.29) is 12.0 Å². The number of pyridine rings is 1. The lowest BCUT2D eigenvalue weighted by molar-refractivity contribution is 0.0425. The second-order valence-corrected chi connectivity index (χ2v) is 9.16. The Morgan fingerprint density at radius 3 is 2.00 bits per heavy atom. The van der Waals surface area contributed by atoms with Crippen molar-refractivity contribution in [1.82, 2.24) is 14.8 Å². The van der Waals surface area contributed by atoms with E-state index in [4.69, 9.17) is 18.9 Å². The number of nitrogens with zero attached hydrogens (tertiary/aromatic N) is 3. The molecule has 1 amide bonds. The Morgan fingerprint density at radius 2 is 1.44 bits per heavy atom. The molecular weight excluding hydrogens is 458 g/mol. The zero-order valence-corrected chi connectivity index (χ0v) is 21.8. The molecule has 2 saturated heterocycles. The smallest absolute Gasteiger partial charge is 0.254 e. The molecule has 2 aliphatic rings. The van der Waals surface area contributed by atoms with Crippen LogP contribution in [0, 0.1) is 0 Å². The first-order valence-corrected chi connectivity index (χ1v) is 13.3. The predicted octanol–water partition coefficient (Wildman–Crippen LogP) is 4.43. The van der Waals surface area contributed by atoms with E-state index >= 15 is 0 Å². The molecular formula is C28H39N3O5. The van der Waals surface area contributed by atoms with Crippen molar-refractivity contribution < 1.29 is 23.7 Å². The maximum atomic E-state index is 13.4. The Kier molecular flexibility index (Phi) is 9.28. The van der Waals surface area contributed by atoms with Crippen LogP contribution in [-0.2, 0) is 0 Å². The van der Waals surface area contributed by atoms with Gasteiger partial charge in [0.15, 0.2) is 11.5 Å². The number of likely N-dealkylation sites (tertiary alicyclic amines) is 2. The second-order valence-electron chi connectivity index (χ2n) is 9.16. The van der Waals surface area contributed by atoms with Gasteiger partial charge >= 0.3 is 0 Å². The Bertz CT molecular complexity index is 943. The van der Waals surface area contributed by atoms with Crippen molar-refractivity contribution >= 4 is 5.91 Å². The van der Waals surface area contributed by atoms with Gasteiger partial charge in [-0.1, -0.05) is 0 Å². The van der Waals surface area contributed by atoms with Crippen molar-refractivity contribution in [3.05, 3.63) is 42.2 Å². The molecule has 1 aromatic carbocycles. The molecule has 196 valence electrons. The van der Waals surface area contributed by atoms with Crippen LogP contribution in [-0.4, -0.2) is 78.8 Å². The summed E-state index contributed by atoms with van der Waals surface area (Å²) in [5.74, 6) is 2.58. The van der Waals surface area contributed by atoms with Gasteiger partial charge in [-0.25, -0.2) is 0 Å². The molecule has 8 heteroatoms. The third kappa shape index (κ3) is 6.40. The molecule has 4 rings (SSSR count). The number of hydrogen-bond donors (Lipinski definition) is 0. The lowest BCUT2D eigenvalue weighted by Gasteiger charge is -2.41. The quantitative estimate of drug-likeness (QED) is 0.481. The van der Waals surface area contributed by atoms with E-state index in [1.807, 2.05) is 37.8 Å². The average Bonchev–Trinajstić information content (AvgIpc) is 2.91. The van der Waals surface area contributed by atoms with Crippen LogP contribution in [0.1, 0.15) is 56.8 Å². The summed E-state index contributed by atoms with van der Waals surface area (Å²) < 4.78 is 23.5. The van der Waals surface area contributed by atoms with Crippen molar-refractivity contribution in [2.24, 2.45) is 0 Å². The number of piperidine rings is 2. The summed E-state index contributed by atoms with van der Waals surface area (Å²) >= 11 is 0. The van der Waals surface area contributed by atoms with Crippen molar-refractivity contribution in [1.29, 1.82) is 0 Å². The fraction of sp³-hybridized carbons (Fsp3) is 0.571. The zero-order valence-electron chi connectivity index (χ0n) is 21.8. The van der Waals surface area contributed by atoms with E-state index in [0.29, 0.717) is 48.7 Å². The Labute approximate surface area is 214 Å². The number of aromatic nitrogens is 1. The van der Waals surface area contributed by atoms with Crippen LogP contribution in [0.5, 0.6) is 23.0 Å². The third-order valence-electron chi connectivity index (χ3n) is 6.85. The van der Waals surface area contributed by atoms with Gasteiger partial charge in [-0.3, -0.25) is 14.7 Å². The molecule has 8 nitrogen and oxygen atoms in total. The van der Waals surface area contributed by atoms with Gasteiger partial charge in [0.05, 0.1) is 19.8 Å². The molecule has 0 N–H and O–H groups in total. The second kappa shape index (κ2) is 12.8. The van der Waals surface area contributed by atoms with E-state index in [1.165, 1.54) is 0 Å². The SMILES string of the molecule is CCOc1cc(C(=O)N2CCC(N3CCC(Oc4ccncc4)CC3)CC2)cc(OCC)c1OCC. The third-order valence-corrected chi connectivity index (χ3v) is 6.85. The molecule has 2 aromatic rings. The van der Waals surface area contributed by atoms with Crippen LogP contribution in [0.15, 0.2) is 36.7 Å². The topological polar surface area (TPSA) is 73.4 Å². The lowest BCUT2D eigenvalue weighted by atomic mass is 9.98. The Hall–Kier alpha value is -3.00. The van der Waals surface area contributed by atoms with Crippen LogP contribution in [0.25, 0.3) is 0 Å². The first-order valence-electron chi connectivity index (χ1n) is 13.3. The minimum Gasteiger partial charge on any atom is -0.490 e. The van der Waals surface area contributed by atoms with Gasteiger partial charge in [-0.15, -0.1) is 0 Å². The van der Waals surface area contributed by atoms with Gasteiger partial charge in [0.2, 0.25) is 5.75 Å². The van der Waals surface area contributed by atoms with Crippen molar-refractivity contribution in [3.63, 3.8) is 0 Å². The molecule has 2 aliphatic heterocycles. The van der Waals surface area contributed by atoms with Gasteiger partial charge < -0.3 is 23.8 Å². The molecule has 2 fully saturated rings. The number of carbonyl (C=O) groups is 1. The summed E-state index contributed by atoms with van der Waals surface area (Å²) in [6.07, 6.45) is 7.79. The number of ether oxygens (including phenoxy) is 4. The first kappa shape index (κ1) is 26.1. The van der Waals surface area contributed by atoms with Crippen molar-refractivity contribution in [2.45, 2.75) is 58.6 Å². The molecule has 0 radical (unpaired) electrons. The molecule has 0 atom stereocenters. The Morgan fingerprint density at radius 1 is 0.861 bits per heavy atom. The summed E-state index contributed by atoms with van der Waals surface area (Å²) in [5.41, 5.74) is 0.581. The van der Waals surface area contributed by atoms with E-state index < -0.39 is 0 Å². The van der Waals surface area contributed by atoms with Gasteiger partial charge in [-0.2, -0.15) is 0 Å². The molecule has 0 spiro atoms. The number of benzene rings is 1. The molecule has 0 saturated carbocycles. The highest BCUT2D eigenvalue weighted by atomic mass is 16.5. The number of carbonyl (C=O) groups excluding carboxylic acids is 1. The number of rotatable bonds is 10. The van der Waals surface area contributed by atoms with Crippen molar-refractivity contribution in [3.8, 4) is 23.0 Å². The normalized spacial score (nSPS) is 17.6. The van der Waals surface area contributed by atoms with Crippen LogP contribution in [0.4, 0.5) is 0 Å². The molecule has 1 aromatic heterocycles. The maximum absolute atomic E-state index is 13.4. The molecule has 0 bridgehead atoms. The summed E-state index contributed by atoms with van der Waals surface area (Å²) in [6, 6.07) is 7.92. The molecule has 0 aliphatic carbocycles. The summed E-state index contributed by atoms with van der Waals surface area (Å²) in [5, 5.41) is 0. The molecule has 0 unspecified atom stereocenters. The fourth-order valence-electron chi connectivity index (χ4n) is 5.10. The number of hydrogen-bond acceptors (Lipinski definition) is 7. The van der Waals surface area contributed by atoms with Gasteiger partial charge in [0.25, 0.3) is 5.91 Å². The van der Waals surface area contributed by atoms with Crippen LogP contribution in [0.3, 0.4) is 0 Å². The van der Waals surface area contributed by atoms with Gasteiger partial charge in [0, 0.05) is 50.2 Å². The monoisotopic (exact) mass is 497 g/mol. The predicted molar refractivity (Wildman–Crippen MR) is 138 cm³/mol. The highest BCUT2D eigenvalue weighted by Crippen LogP contribution is 2.39. The summed E-state index contributed by atoms with van der Waals surface area (Å²) in [4.78, 5) is 22.0. The lowest BCUT2D eigenvalue weighted by Crippen LogP contribution is -2.50. The average molecular weight is 498 g/mol. The van der Waals surface area contributed by atoms with E-state index in [0.717, 1.165) is 57.6 Å². The van der Waals surface area contributed by atoms with Crippen LogP contribution >= 0.6 is 0 Å². The van der Waals surface area contributed by atoms with E-state index in [2.05, 4.69) is 9.88 Å². The van der Waals surface area contributed by atoms with E-state index in [9.17, 15) is 4.79 Å². The highest BCUT2D eigenvalue weighted by molar-refractivity contribution is 5.95. The largest absolute Gasteiger partial charge is 0.490 e. The van der Waals surface area contributed by atoms with Crippen LogP contribution in [0.2, 0.25) is 0 Å². The van der Waals surface area contributed by atoms with Gasteiger partial charge in [0.1, 0.15) is 11.9 Å². The van der Waals surface area contributed by atoms with Crippen LogP contribution < -0.4 is 18.9 Å². The Balaban J connectivity index is 1.33. The van der Waals surface area contributed by atoms with Gasteiger partial charge in [-0.05, 0) is 70.7 Å². The first-order chi connectivity index (χ1) is 17.6. The highest BCUT2D eigenvalue weighted by Gasteiger charge is 2.31.